The van der Waals surface area contributed by atoms with Crippen LogP contribution >= 0.6 is 11.3 Å². The third-order valence-corrected chi connectivity index (χ3v) is 5.02. The molecule has 0 spiro atoms. The fraction of sp³-hybridized carbons (Fsp3) is 0.214. The summed E-state index contributed by atoms with van der Waals surface area (Å²) in [7, 11) is -3.90. The number of hydrogen-bond acceptors (Lipinski definition) is 6. The zero-order valence-electron chi connectivity index (χ0n) is 13.0. The molecule has 2 amide bonds. The summed E-state index contributed by atoms with van der Waals surface area (Å²) in [5.74, 6) is -0.767. The van der Waals surface area contributed by atoms with Crippen LogP contribution in [0.25, 0.3) is 0 Å². The fourth-order valence-electron chi connectivity index (χ4n) is 1.77. The Morgan fingerprint density at radius 2 is 1.88 bits per heavy atom. The monoisotopic (exact) mass is 368 g/mol. The summed E-state index contributed by atoms with van der Waals surface area (Å²) in [6.07, 6.45) is -0.0114. The molecule has 10 heteroatoms. The van der Waals surface area contributed by atoms with Crippen molar-refractivity contribution in [2.75, 3.05) is 5.32 Å². The molecule has 0 unspecified atom stereocenters. The molecule has 1 aromatic carbocycles. The number of aromatic nitrogens is 1. The standard InChI is InChI=1S/C14H16N4O4S2/c1-9-8-23-14(15-9)7-13(20)17-18-24(21,22)12-5-3-11(4-6-12)16-10(2)19/h3-6,8,18H,7H2,1-2H3,(H,16,19)(H,17,20). The number of hydrogen-bond donors (Lipinski definition) is 3. The predicted octanol–water partition coefficient (Wildman–Crippen LogP) is 0.962. The number of benzene rings is 1. The van der Waals surface area contributed by atoms with Gasteiger partial charge in [-0.25, -0.2) is 13.4 Å². The summed E-state index contributed by atoms with van der Waals surface area (Å²) < 4.78 is 24.2. The van der Waals surface area contributed by atoms with E-state index in [4.69, 9.17) is 0 Å². The Kier molecular flexibility index (Phi) is 5.65. The highest BCUT2D eigenvalue weighted by molar-refractivity contribution is 7.89. The molecule has 3 N–H and O–H groups in total. The minimum absolute atomic E-state index is 0.0114. The Labute approximate surface area is 143 Å². The molecule has 1 heterocycles. The molecular formula is C14H16N4O4S2. The number of thiazole rings is 1. The Morgan fingerprint density at radius 1 is 1.21 bits per heavy atom. The minimum Gasteiger partial charge on any atom is -0.326 e. The quantitative estimate of drug-likeness (QED) is 0.657. The van der Waals surface area contributed by atoms with Crippen molar-refractivity contribution in [1.29, 1.82) is 0 Å². The van der Waals surface area contributed by atoms with Gasteiger partial charge in [-0.1, -0.05) is 0 Å². The van der Waals surface area contributed by atoms with Gasteiger partial charge in [0.1, 0.15) is 5.01 Å². The van der Waals surface area contributed by atoms with Crippen molar-refractivity contribution in [2.45, 2.75) is 25.2 Å². The van der Waals surface area contributed by atoms with E-state index in [0.717, 1.165) is 5.69 Å². The van der Waals surface area contributed by atoms with E-state index < -0.39 is 15.9 Å². The molecular weight excluding hydrogens is 352 g/mol. The largest absolute Gasteiger partial charge is 0.326 e. The van der Waals surface area contributed by atoms with Crippen molar-refractivity contribution < 1.29 is 18.0 Å². The van der Waals surface area contributed by atoms with Gasteiger partial charge in [0.15, 0.2) is 0 Å². The lowest BCUT2D eigenvalue weighted by molar-refractivity contribution is -0.121. The van der Waals surface area contributed by atoms with Crippen LogP contribution in [0.3, 0.4) is 0 Å². The third-order valence-electron chi connectivity index (χ3n) is 2.79. The number of sulfonamides is 1. The van der Waals surface area contributed by atoms with Crippen molar-refractivity contribution >= 4 is 38.9 Å². The van der Waals surface area contributed by atoms with Crippen LogP contribution in [-0.4, -0.2) is 25.2 Å². The van der Waals surface area contributed by atoms with Crippen LogP contribution in [0, 0.1) is 6.92 Å². The van der Waals surface area contributed by atoms with Crippen molar-refractivity contribution in [3.05, 3.63) is 40.3 Å². The van der Waals surface area contributed by atoms with Gasteiger partial charge in [0, 0.05) is 23.7 Å². The average Bonchev–Trinajstić information content (AvgIpc) is 2.90. The zero-order chi connectivity index (χ0) is 17.7. The van der Waals surface area contributed by atoms with Crippen LogP contribution in [-0.2, 0) is 26.0 Å². The Balaban J connectivity index is 1.95. The number of carbonyl (C=O) groups is 2. The second kappa shape index (κ2) is 7.51. The summed E-state index contributed by atoms with van der Waals surface area (Å²) >= 11 is 1.33. The van der Waals surface area contributed by atoms with E-state index in [2.05, 4.69) is 15.7 Å². The molecule has 0 bridgehead atoms. The first-order valence-corrected chi connectivity index (χ1v) is 9.22. The first-order valence-electron chi connectivity index (χ1n) is 6.85. The van der Waals surface area contributed by atoms with E-state index in [1.165, 1.54) is 42.5 Å². The number of anilines is 1. The zero-order valence-corrected chi connectivity index (χ0v) is 14.6. The van der Waals surface area contributed by atoms with Crippen LogP contribution in [0.2, 0.25) is 0 Å². The van der Waals surface area contributed by atoms with Crippen LogP contribution in [0.1, 0.15) is 17.6 Å². The van der Waals surface area contributed by atoms with Crippen LogP contribution in [0.5, 0.6) is 0 Å². The topological polar surface area (TPSA) is 117 Å². The normalized spacial score (nSPS) is 11.1. The van der Waals surface area contributed by atoms with Crippen molar-refractivity contribution in [3.8, 4) is 0 Å². The molecule has 0 aliphatic rings. The highest BCUT2D eigenvalue weighted by atomic mass is 32.2. The molecule has 0 fully saturated rings. The second-order valence-electron chi connectivity index (χ2n) is 4.92. The van der Waals surface area contributed by atoms with Gasteiger partial charge in [-0.05, 0) is 31.2 Å². The summed E-state index contributed by atoms with van der Waals surface area (Å²) in [5.41, 5.74) is 3.43. The maximum atomic E-state index is 12.1. The smallest absolute Gasteiger partial charge is 0.257 e. The molecule has 0 atom stereocenters. The Morgan fingerprint density at radius 3 is 2.42 bits per heavy atom. The number of rotatable bonds is 6. The molecule has 0 aliphatic heterocycles. The summed E-state index contributed by atoms with van der Waals surface area (Å²) in [6, 6.07) is 5.56. The molecule has 0 saturated heterocycles. The van der Waals surface area contributed by atoms with E-state index in [9.17, 15) is 18.0 Å². The third kappa shape index (κ3) is 5.11. The van der Waals surface area contributed by atoms with Crippen molar-refractivity contribution in [2.24, 2.45) is 0 Å². The van der Waals surface area contributed by atoms with Crippen LogP contribution in [0.15, 0.2) is 34.5 Å². The molecule has 1 aromatic heterocycles. The predicted molar refractivity (Wildman–Crippen MR) is 89.8 cm³/mol. The second-order valence-corrected chi connectivity index (χ2v) is 7.54. The number of nitrogens with one attached hydrogen (secondary N) is 3. The van der Waals surface area contributed by atoms with E-state index in [-0.39, 0.29) is 17.2 Å². The van der Waals surface area contributed by atoms with Gasteiger partial charge in [0.25, 0.3) is 10.0 Å². The van der Waals surface area contributed by atoms with Crippen molar-refractivity contribution in [1.82, 2.24) is 15.2 Å². The highest BCUT2D eigenvalue weighted by Crippen LogP contribution is 2.13. The average molecular weight is 368 g/mol. The van der Waals surface area contributed by atoms with Crippen LogP contribution < -0.4 is 15.6 Å². The first kappa shape index (κ1) is 18.0. The van der Waals surface area contributed by atoms with E-state index >= 15 is 0 Å². The summed E-state index contributed by atoms with van der Waals surface area (Å²) in [6.45, 7) is 3.16. The first-order chi connectivity index (χ1) is 11.3. The molecule has 128 valence electrons. The number of amides is 2. The maximum Gasteiger partial charge on any atom is 0.257 e. The molecule has 2 rings (SSSR count). The number of aryl methyl sites for hydroxylation is 1. The Hall–Kier alpha value is -2.30. The van der Waals surface area contributed by atoms with Crippen molar-refractivity contribution in [3.63, 3.8) is 0 Å². The lowest BCUT2D eigenvalue weighted by Gasteiger charge is -2.09. The Bertz CT molecular complexity index is 844. The fourth-order valence-corrected chi connectivity index (χ4v) is 3.40. The van der Waals surface area contributed by atoms with E-state index in [0.29, 0.717) is 10.7 Å². The van der Waals surface area contributed by atoms with E-state index in [1.807, 2.05) is 17.1 Å². The lowest BCUT2D eigenvalue weighted by Crippen LogP contribution is -2.42. The number of carbonyl (C=O) groups excluding carboxylic acids is 2. The summed E-state index contributed by atoms with van der Waals surface area (Å²) in [4.78, 5) is 28.8. The molecule has 2 aromatic rings. The van der Waals surface area contributed by atoms with Gasteiger partial charge in [0.2, 0.25) is 11.8 Å². The van der Waals surface area contributed by atoms with Crippen LogP contribution in [0.4, 0.5) is 5.69 Å². The number of hydrazine groups is 1. The van der Waals surface area contributed by atoms with Gasteiger partial charge in [0.05, 0.1) is 11.3 Å². The van der Waals surface area contributed by atoms with Gasteiger partial charge in [-0.3, -0.25) is 15.0 Å². The summed E-state index contributed by atoms with van der Waals surface area (Å²) in [5, 5.41) is 4.94. The molecule has 24 heavy (non-hydrogen) atoms. The maximum absolute atomic E-state index is 12.1. The molecule has 0 radical (unpaired) electrons. The molecule has 0 saturated carbocycles. The van der Waals surface area contributed by atoms with Gasteiger partial charge < -0.3 is 5.32 Å². The number of nitrogens with zero attached hydrogens (tertiary/aromatic N) is 1. The highest BCUT2D eigenvalue weighted by Gasteiger charge is 2.16. The molecule has 0 aliphatic carbocycles. The minimum atomic E-state index is -3.90. The van der Waals surface area contributed by atoms with E-state index in [1.54, 1.807) is 0 Å². The van der Waals surface area contributed by atoms with Gasteiger partial charge in [-0.2, -0.15) is 0 Å². The SMILES string of the molecule is CC(=O)Nc1ccc(S(=O)(=O)NNC(=O)Cc2nc(C)cs2)cc1. The lowest BCUT2D eigenvalue weighted by atomic mass is 10.3. The van der Waals surface area contributed by atoms with Gasteiger partial charge >= 0.3 is 0 Å². The molecule has 8 nitrogen and oxygen atoms in total. The van der Waals surface area contributed by atoms with Gasteiger partial charge in [-0.15, -0.1) is 16.2 Å².